The van der Waals surface area contributed by atoms with Crippen LogP contribution in [0.3, 0.4) is 0 Å². The van der Waals surface area contributed by atoms with E-state index < -0.39 is 0 Å². The Balaban J connectivity index is 2.34. The summed E-state index contributed by atoms with van der Waals surface area (Å²) in [5.41, 5.74) is 6.83. The van der Waals surface area contributed by atoms with Gasteiger partial charge >= 0.3 is 0 Å². The highest BCUT2D eigenvalue weighted by atomic mass is 16.2. The highest BCUT2D eigenvalue weighted by Gasteiger charge is 2.17. The molecular weight excluding hydrogens is 164 g/mol. The van der Waals surface area contributed by atoms with Gasteiger partial charge in [0.1, 0.15) is 0 Å². The molecule has 0 radical (unpaired) electrons. The predicted octanol–water partition coefficient (Wildman–Crippen LogP) is 1.15. The summed E-state index contributed by atoms with van der Waals surface area (Å²) < 4.78 is 0. The van der Waals surface area contributed by atoms with Crippen molar-refractivity contribution in [1.29, 1.82) is 0 Å². The van der Waals surface area contributed by atoms with Crippen molar-refractivity contribution in [1.82, 2.24) is 4.90 Å². The lowest BCUT2D eigenvalue weighted by molar-refractivity contribution is -0.123. The molecule has 2 N–H and O–H groups in total. The topological polar surface area (TPSA) is 46.3 Å². The lowest BCUT2D eigenvalue weighted by atomic mass is 10.2. The van der Waals surface area contributed by atoms with E-state index in [9.17, 15) is 4.79 Å². The Hall–Kier alpha value is -1.51. The average Bonchev–Trinajstić information content (AvgIpc) is 2.34. The van der Waals surface area contributed by atoms with Crippen molar-refractivity contribution >= 4 is 5.91 Å². The number of hydrogen-bond acceptors (Lipinski definition) is 2. The molecule has 1 aliphatic heterocycles. The molecule has 1 amide bonds. The molecule has 0 fully saturated rings. The molecule has 0 bridgehead atoms. The van der Waals surface area contributed by atoms with Crippen molar-refractivity contribution in [2.45, 2.75) is 12.8 Å². The van der Waals surface area contributed by atoms with Gasteiger partial charge in [-0.15, -0.1) is 0 Å². The first-order valence-electron chi connectivity index (χ1n) is 4.23. The van der Waals surface area contributed by atoms with Crippen LogP contribution in [0.4, 0.5) is 0 Å². The van der Waals surface area contributed by atoms with Gasteiger partial charge in [-0.3, -0.25) is 4.79 Å². The van der Waals surface area contributed by atoms with Crippen molar-refractivity contribution in [3.05, 3.63) is 36.7 Å². The molecule has 0 aromatic carbocycles. The van der Waals surface area contributed by atoms with Crippen LogP contribution in [-0.4, -0.2) is 17.4 Å². The predicted molar refractivity (Wildman–Crippen MR) is 52.6 cm³/mol. The monoisotopic (exact) mass is 178 g/mol. The number of allylic oxidation sites excluding steroid dienone is 2. The Morgan fingerprint density at radius 1 is 1.54 bits per heavy atom. The first-order chi connectivity index (χ1) is 6.11. The maximum absolute atomic E-state index is 11.2. The molecule has 3 nitrogen and oxygen atoms in total. The fraction of sp³-hybridized carbons (Fsp3) is 0.300. The van der Waals surface area contributed by atoms with E-state index in [1.807, 2.05) is 0 Å². The van der Waals surface area contributed by atoms with Crippen molar-refractivity contribution in [2.75, 3.05) is 6.54 Å². The van der Waals surface area contributed by atoms with Gasteiger partial charge in [0, 0.05) is 24.0 Å². The van der Waals surface area contributed by atoms with Crippen LogP contribution < -0.4 is 5.73 Å². The van der Waals surface area contributed by atoms with E-state index in [2.05, 4.69) is 13.2 Å². The molecule has 0 saturated heterocycles. The first-order valence-corrected chi connectivity index (χ1v) is 4.23. The van der Waals surface area contributed by atoms with Crippen LogP contribution in [0, 0.1) is 0 Å². The Labute approximate surface area is 78.2 Å². The third-order valence-electron chi connectivity index (χ3n) is 1.91. The molecule has 0 aromatic heterocycles. The molecular formula is C10H14N2O. The highest BCUT2D eigenvalue weighted by molar-refractivity contribution is 5.92. The Bertz CT molecular complexity index is 261. The normalized spacial score (nSPS) is 15.5. The molecule has 1 heterocycles. The van der Waals surface area contributed by atoms with Crippen molar-refractivity contribution in [2.24, 2.45) is 5.73 Å². The first kappa shape index (κ1) is 9.58. The van der Waals surface area contributed by atoms with E-state index in [1.165, 1.54) is 6.08 Å². The van der Waals surface area contributed by atoms with Crippen molar-refractivity contribution in [3.8, 4) is 0 Å². The van der Waals surface area contributed by atoms with Crippen molar-refractivity contribution < 1.29 is 4.79 Å². The minimum atomic E-state index is 0.00707. The van der Waals surface area contributed by atoms with Crippen LogP contribution in [0.15, 0.2) is 36.7 Å². The molecule has 0 aromatic rings. The molecule has 0 aliphatic carbocycles. The largest absolute Gasteiger partial charge is 0.403 e. The summed E-state index contributed by atoms with van der Waals surface area (Å²) in [6, 6.07) is 0. The van der Waals surface area contributed by atoms with Gasteiger partial charge in [-0.05, 0) is 18.9 Å². The molecule has 0 spiro atoms. The van der Waals surface area contributed by atoms with E-state index in [-0.39, 0.29) is 5.91 Å². The van der Waals surface area contributed by atoms with Crippen LogP contribution in [0.25, 0.3) is 0 Å². The number of amides is 1. The Kier molecular flexibility index (Phi) is 2.90. The van der Waals surface area contributed by atoms with Gasteiger partial charge in [0.15, 0.2) is 0 Å². The third kappa shape index (κ3) is 2.47. The molecule has 70 valence electrons. The quantitative estimate of drug-likeness (QED) is 0.702. The van der Waals surface area contributed by atoms with Gasteiger partial charge in [0.2, 0.25) is 0 Å². The fourth-order valence-corrected chi connectivity index (χ4v) is 1.21. The van der Waals surface area contributed by atoms with Crippen LogP contribution >= 0.6 is 0 Å². The lowest BCUT2D eigenvalue weighted by Crippen LogP contribution is -2.24. The van der Waals surface area contributed by atoms with E-state index in [0.717, 1.165) is 18.5 Å². The Morgan fingerprint density at radius 2 is 2.23 bits per heavy atom. The Morgan fingerprint density at radius 3 is 2.69 bits per heavy atom. The van der Waals surface area contributed by atoms with Crippen LogP contribution in [-0.2, 0) is 4.79 Å². The van der Waals surface area contributed by atoms with Gasteiger partial charge in [-0.25, -0.2) is 0 Å². The summed E-state index contributed by atoms with van der Waals surface area (Å²) in [4.78, 5) is 12.8. The lowest BCUT2D eigenvalue weighted by Gasteiger charge is -2.16. The molecule has 13 heavy (non-hydrogen) atoms. The highest BCUT2D eigenvalue weighted by Crippen LogP contribution is 2.13. The SMILES string of the molecule is C=C(N)CCCN1C(=C)C=CC1=O. The molecule has 0 atom stereocenters. The zero-order valence-corrected chi connectivity index (χ0v) is 7.62. The zero-order chi connectivity index (χ0) is 9.84. The zero-order valence-electron chi connectivity index (χ0n) is 7.62. The third-order valence-corrected chi connectivity index (χ3v) is 1.91. The van der Waals surface area contributed by atoms with Crippen LogP contribution in [0.2, 0.25) is 0 Å². The number of carbonyl (C=O) groups excluding carboxylic acids is 1. The van der Waals surface area contributed by atoms with E-state index in [0.29, 0.717) is 12.2 Å². The molecule has 0 unspecified atom stereocenters. The second kappa shape index (κ2) is 3.94. The van der Waals surface area contributed by atoms with E-state index >= 15 is 0 Å². The maximum Gasteiger partial charge on any atom is 0.251 e. The molecule has 3 heteroatoms. The van der Waals surface area contributed by atoms with Gasteiger partial charge in [-0.1, -0.05) is 13.2 Å². The molecule has 0 saturated carbocycles. The summed E-state index contributed by atoms with van der Waals surface area (Å²) in [7, 11) is 0. The number of nitrogens with zero attached hydrogens (tertiary/aromatic N) is 1. The number of hydrogen-bond donors (Lipinski definition) is 1. The van der Waals surface area contributed by atoms with Crippen molar-refractivity contribution in [3.63, 3.8) is 0 Å². The van der Waals surface area contributed by atoms with E-state index in [4.69, 9.17) is 5.73 Å². The summed E-state index contributed by atoms with van der Waals surface area (Å²) >= 11 is 0. The minimum Gasteiger partial charge on any atom is -0.403 e. The van der Waals surface area contributed by atoms with Gasteiger partial charge < -0.3 is 10.6 Å². The number of carbonyl (C=O) groups is 1. The fourth-order valence-electron chi connectivity index (χ4n) is 1.21. The summed E-state index contributed by atoms with van der Waals surface area (Å²) in [6.07, 6.45) is 4.83. The second-order valence-corrected chi connectivity index (χ2v) is 3.08. The second-order valence-electron chi connectivity index (χ2n) is 3.08. The van der Waals surface area contributed by atoms with Gasteiger partial charge in [0.25, 0.3) is 5.91 Å². The standard InChI is InChI=1S/C10H14N2O/c1-8(11)4-3-7-12-9(2)5-6-10(12)13/h5-6H,1-4,7,11H2. The van der Waals surface area contributed by atoms with Gasteiger partial charge in [0.05, 0.1) is 0 Å². The maximum atomic E-state index is 11.2. The number of nitrogens with two attached hydrogens (primary N) is 1. The smallest absolute Gasteiger partial charge is 0.251 e. The minimum absolute atomic E-state index is 0.00707. The molecule has 1 aliphatic rings. The van der Waals surface area contributed by atoms with E-state index in [1.54, 1.807) is 11.0 Å². The van der Waals surface area contributed by atoms with Gasteiger partial charge in [-0.2, -0.15) is 0 Å². The summed E-state index contributed by atoms with van der Waals surface area (Å²) in [5.74, 6) is 0.00707. The van der Waals surface area contributed by atoms with Crippen LogP contribution in [0.5, 0.6) is 0 Å². The average molecular weight is 178 g/mol. The number of rotatable bonds is 4. The summed E-state index contributed by atoms with van der Waals surface area (Å²) in [6.45, 7) is 8.01. The molecule has 1 rings (SSSR count). The summed E-state index contributed by atoms with van der Waals surface area (Å²) in [5, 5.41) is 0. The van der Waals surface area contributed by atoms with Crippen LogP contribution in [0.1, 0.15) is 12.8 Å².